The fourth-order valence-corrected chi connectivity index (χ4v) is 2.88. The summed E-state index contributed by atoms with van der Waals surface area (Å²) in [4.78, 5) is 30.8. The number of para-hydroxylation sites is 1. The molecule has 1 aliphatic rings. The van der Waals surface area contributed by atoms with Crippen LogP contribution in [-0.2, 0) is 4.79 Å². The van der Waals surface area contributed by atoms with Crippen LogP contribution in [0.15, 0.2) is 48.8 Å². The molecular formula is C20H23N3O2. The lowest BCUT2D eigenvalue weighted by atomic mass is 9.91. The normalized spacial score (nSPS) is 15.4. The van der Waals surface area contributed by atoms with Crippen LogP contribution in [0, 0.1) is 5.92 Å². The van der Waals surface area contributed by atoms with Crippen molar-refractivity contribution in [3.05, 3.63) is 59.9 Å². The van der Waals surface area contributed by atoms with Crippen molar-refractivity contribution in [2.75, 3.05) is 18.4 Å². The van der Waals surface area contributed by atoms with Gasteiger partial charge in [0.15, 0.2) is 0 Å². The zero-order chi connectivity index (χ0) is 17.8. The van der Waals surface area contributed by atoms with Gasteiger partial charge in [0, 0.05) is 37.3 Å². The van der Waals surface area contributed by atoms with E-state index in [4.69, 9.17) is 0 Å². The van der Waals surface area contributed by atoms with E-state index in [1.54, 1.807) is 24.5 Å². The molecule has 2 heterocycles. The van der Waals surface area contributed by atoms with Gasteiger partial charge in [0.1, 0.15) is 0 Å². The molecule has 0 spiro atoms. The Bertz CT molecular complexity index is 755. The molecule has 1 atom stereocenters. The number of likely N-dealkylation sites (tertiary alicyclic amines) is 1. The van der Waals surface area contributed by atoms with Crippen molar-refractivity contribution >= 4 is 17.5 Å². The third-order valence-corrected chi connectivity index (χ3v) is 4.82. The largest absolute Gasteiger partial charge is 0.337 e. The molecule has 5 heteroatoms. The minimum absolute atomic E-state index is 0.0367. The third kappa shape index (κ3) is 3.71. The quantitative estimate of drug-likeness (QED) is 0.910. The Morgan fingerprint density at radius 2 is 1.88 bits per heavy atom. The second-order valence-corrected chi connectivity index (χ2v) is 6.53. The lowest BCUT2D eigenvalue weighted by molar-refractivity contribution is -0.119. The maximum absolute atomic E-state index is 12.8. The number of amides is 2. The van der Waals surface area contributed by atoms with Crippen molar-refractivity contribution in [1.29, 1.82) is 0 Å². The molecule has 2 aromatic rings. The fraction of sp³-hybridized carbons (Fsp3) is 0.350. The highest BCUT2D eigenvalue weighted by molar-refractivity contribution is 6.04. The van der Waals surface area contributed by atoms with Gasteiger partial charge in [-0.25, -0.2) is 0 Å². The van der Waals surface area contributed by atoms with Crippen LogP contribution in [0.25, 0.3) is 0 Å². The smallest absolute Gasteiger partial charge is 0.256 e. The first kappa shape index (κ1) is 17.1. The third-order valence-electron chi connectivity index (χ3n) is 4.82. The summed E-state index contributed by atoms with van der Waals surface area (Å²) in [6.45, 7) is 5.24. The van der Waals surface area contributed by atoms with Crippen molar-refractivity contribution in [2.24, 2.45) is 5.92 Å². The lowest BCUT2D eigenvalue weighted by Gasteiger charge is -2.39. The number of carbonyl (C=O) groups excluding carboxylic acids is 2. The van der Waals surface area contributed by atoms with Gasteiger partial charge in [-0.05, 0) is 36.2 Å². The van der Waals surface area contributed by atoms with Crippen molar-refractivity contribution < 1.29 is 9.59 Å². The zero-order valence-electron chi connectivity index (χ0n) is 14.6. The van der Waals surface area contributed by atoms with Crippen LogP contribution in [0.4, 0.5) is 5.69 Å². The first-order valence-electron chi connectivity index (χ1n) is 8.69. The van der Waals surface area contributed by atoms with E-state index in [2.05, 4.69) is 10.3 Å². The molecule has 2 amide bonds. The van der Waals surface area contributed by atoms with E-state index in [1.165, 1.54) is 5.56 Å². The number of anilines is 1. The van der Waals surface area contributed by atoms with E-state index in [0.29, 0.717) is 30.3 Å². The van der Waals surface area contributed by atoms with Crippen LogP contribution in [0.5, 0.6) is 0 Å². The minimum Gasteiger partial charge on any atom is -0.337 e. The molecule has 5 nitrogen and oxygen atoms in total. The fourth-order valence-electron chi connectivity index (χ4n) is 2.88. The number of nitrogens with one attached hydrogen (secondary N) is 1. The second-order valence-electron chi connectivity index (χ2n) is 6.53. The highest BCUT2D eigenvalue weighted by Gasteiger charge is 2.33. The van der Waals surface area contributed by atoms with Gasteiger partial charge in [-0.15, -0.1) is 0 Å². The maximum Gasteiger partial charge on any atom is 0.256 e. The summed E-state index contributed by atoms with van der Waals surface area (Å²) in [6, 6.07) is 11.2. The SMILES string of the molecule is CCC(C)C(=O)Nc1ccccc1C(=O)N1CC(c2ccncc2)C1. The van der Waals surface area contributed by atoms with Crippen molar-refractivity contribution in [3.63, 3.8) is 0 Å². The number of benzene rings is 1. The molecule has 1 fully saturated rings. The molecule has 3 rings (SSSR count). The molecule has 1 aromatic heterocycles. The molecule has 1 aromatic carbocycles. The van der Waals surface area contributed by atoms with Crippen molar-refractivity contribution in [1.82, 2.24) is 9.88 Å². The second kappa shape index (κ2) is 7.47. The molecular weight excluding hydrogens is 314 g/mol. The van der Waals surface area contributed by atoms with E-state index in [9.17, 15) is 9.59 Å². The van der Waals surface area contributed by atoms with Crippen LogP contribution in [0.3, 0.4) is 0 Å². The first-order valence-corrected chi connectivity index (χ1v) is 8.69. The number of rotatable bonds is 5. The Kier molecular flexibility index (Phi) is 5.12. The van der Waals surface area contributed by atoms with E-state index in [1.807, 2.05) is 43.0 Å². The summed E-state index contributed by atoms with van der Waals surface area (Å²) in [5.74, 6) is 0.184. The number of carbonyl (C=O) groups is 2. The van der Waals surface area contributed by atoms with E-state index in [-0.39, 0.29) is 17.7 Å². The van der Waals surface area contributed by atoms with E-state index in [0.717, 1.165) is 6.42 Å². The van der Waals surface area contributed by atoms with Crippen LogP contribution in [-0.4, -0.2) is 34.8 Å². The highest BCUT2D eigenvalue weighted by atomic mass is 16.2. The van der Waals surface area contributed by atoms with Crippen LogP contribution in [0.1, 0.15) is 42.1 Å². The summed E-state index contributed by atoms with van der Waals surface area (Å²) in [5, 5.41) is 2.89. The number of pyridine rings is 1. The average Bonchev–Trinajstić information content (AvgIpc) is 2.61. The van der Waals surface area contributed by atoms with Gasteiger partial charge in [0.2, 0.25) is 5.91 Å². The predicted octanol–water partition coefficient (Wildman–Crippen LogP) is 3.31. The van der Waals surface area contributed by atoms with Crippen LogP contribution in [0.2, 0.25) is 0 Å². The Morgan fingerprint density at radius 3 is 2.56 bits per heavy atom. The molecule has 0 bridgehead atoms. The molecule has 25 heavy (non-hydrogen) atoms. The van der Waals surface area contributed by atoms with Gasteiger partial charge in [0.05, 0.1) is 11.3 Å². The van der Waals surface area contributed by atoms with Gasteiger partial charge in [0.25, 0.3) is 5.91 Å². The molecule has 0 saturated carbocycles. The Balaban J connectivity index is 1.68. The van der Waals surface area contributed by atoms with Gasteiger partial charge in [-0.1, -0.05) is 26.0 Å². The number of aromatic nitrogens is 1. The van der Waals surface area contributed by atoms with Gasteiger partial charge in [-0.2, -0.15) is 0 Å². The number of nitrogens with zero attached hydrogens (tertiary/aromatic N) is 2. The molecule has 0 radical (unpaired) electrons. The average molecular weight is 337 g/mol. The summed E-state index contributed by atoms with van der Waals surface area (Å²) in [6.07, 6.45) is 4.32. The van der Waals surface area contributed by atoms with Gasteiger partial charge in [-0.3, -0.25) is 14.6 Å². The van der Waals surface area contributed by atoms with Crippen LogP contribution >= 0.6 is 0 Å². The number of hydrogen-bond acceptors (Lipinski definition) is 3. The summed E-state index contributed by atoms with van der Waals surface area (Å²) in [5.41, 5.74) is 2.34. The highest BCUT2D eigenvalue weighted by Crippen LogP contribution is 2.29. The monoisotopic (exact) mass is 337 g/mol. The zero-order valence-corrected chi connectivity index (χ0v) is 14.6. The van der Waals surface area contributed by atoms with E-state index >= 15 is 0 Å². The standard InChI is InChI=1S/C20H23N3O2/c1-3-14(2)19(24)22-18-7-5-4-6-17(18)20(25)23-12-16(13-23)15-8-10-21-11-9-15/h4-11,14,16H,3,12-13H2,1-2H3,(H,22,24). The van der Waals surface area contributed by atoms with Crippen molar-refractivity contribution in [2.45, 2.75) is 26.2 Å². The topological polar surface area (TPSA) is 62.3 Å². The lowest BCUT2D eigenvalue weighted by Crippen LogP contribution is -2.48. The summed E-state index contributed by atoms with van der Waals surface area (Å²) in [7, 11) is 0. The molecule has 1 aliphatic heterocycles. The van der Waals surface area contributed by atoms with E-state index < -0.39 is 0 Å². The molecule has 1 saturated heterocycles. The molecule has 1 N–H and O–H groups in total. The van der Waals surface area contributed by atoms with Gasteiger partial charge < -0.3 is 10.2 Å². The molecule has 1 unspecified atom stereocenters. The van der Waals surface area contributed by atoms with Gasteiger partial charge >= 0.3 is 0 Å². The predicted molar refractivity (Wildman–Crippen MR) is 97.4 cm³/mol. The Morgan fingerprint density at radius 1 is 1.20 bits per heavy atom. The van der Waals surface area contributed by atoms with Crippen molar-refractivity contribution in [3.8, 4) is 0 Å². The Labute approximate surface area is 148 Å². The summed E-state index contributed by atoms with van der Waals surface area (Å²) >= 11 is 0. The molecule has 130 valence electrons. The maximum atomic E-state index is 12.8. The first-order chi connectivity index (χ1) is 12.1. The minimum atomic E-state index is -0.0803. The Hall–Kier alpha value is -2.69. The van der Waals surface area contributed by atoms with Crippen LogP contribution < -0.4 is 5.32 Å². The summed E-state index contributed by atoms with van der Waals surface area (Å²) < 4.78 is 0. The molecule has 0 aliphatic carbocycles. The number of hydrogen-bond donors (Lipinski definition) is 1.